The molecule has 0 radical (unpaired) electrons. The Hall–Kier alpha value is -1.38. The van der Waals surface area contributed by atoms with Crippen LogP contribution < -0.4 is 5.73 Å². The molecule has 0 fully saturated rings. The van der Waals surface area contributed by atoms with Gasteiger partial charge in [-0.05, 0) is 43.9 Å². The summed E-state index contributed by atoms with van der Waals surface area (Å²) >= 11 is 6.02. The van der Waals surface area contributed by atoms with Crippen LogP contribution in [0.3, 0.4) is 0 Å². The summed E-state index contributed by atoms with van der Waals surface area (Å²) in [6, 6.07) is 13.0. The first kappa shape index (κ1) is 15.0. The maximum atomic E-state index is 13.7. The van der Waals surface area contributed by atoms with Gasteiger partial charge in [-0.25, -0.2) is 4.39 Å². The molecule has 0 aliphatic heterocycles. The van der Waals surface area contributed by atoms with E-state index in [2.05, 4.69) is 25.1 Å². The van der Waals surface area contributed by atoms with Crippen molar-refractivity contribution in [1.29, 1.82) is 0 Å². The highest BCUT2D eigenvalue weighted by molar-refractivity contribution is 6.31. The lowest BCUT2D eigenvalue weighted by molar-refractivity contribution is 0.566. The lowest BCUT2D eigenvalue weighted by Gasteiger charge is -2.13. The zero-order valence-corrected chi connectivity index (χ0v) is 12.3. The third kappa shape index (κ3) is 4.06. The van der Waals surface area contributed by atoms with Gasteiger partial charge < -0.3 is 5.73 Å². The van der Waals surface area contributed by atoms with E-state index in [1.165, 1.54) is 17.2 Å². The highest BCUT2D eigenvalue weighted by atomic mass is 35.5. The Morgan fingerprint density at radius 1 is 1.20 bits per heavy atom. The van der Waals surface area contributed by atoms with Gasteiger partial charge in [-0.3, -0.25) is 0 Å². The summed E-state index contributed by atoms with van der Waals surface area (Å²) in [5.41, 5.74) is 9.13. The van der Waals surface area contributed by atoms with E-state index in [1.54, 1.807) is 12.1 Å². The SMILES string of the molecule is Cc1cccc(CCC(N)Cc2c(F)cccc2Cl)c1. The van der Waals surface area contributed by atoms with Gasteiger partial charge in [0.15, 0.2) is 0 Å². The van der Waals surface area contributed by atoms with E-state index in [1.807, 2.05) is 6.07 Å². The van der Waals surface area contributed by atoms with Crippen LogP contribution in [-0.4, -0.2) is 6.04 Å². The summed E-state index contributed by atoms with van der Waals surface area (Å²) in [4.78, 5) is 0. The molecule has 2 aromatic rings. The third-order valence-corrected chi connectivity index (χ3v) is 3.77. The molecule has 0 heterocycles. The van der Waals surface area contributed by atoms with E-state index in [9.17, 15) is 4.39 Å². The Morgan fingerprint density at radius 2 is 1.95 bits per heavy atom. The monoisotopic (exact) mass is 291 g/mol. The molecule has 0 aliphatic carbocycles. The van der Waals surface area contributed by atoms with E-state index < -0.39 is 0 Å². The summed E-state index contributed by atoms with van der Waals surface area (Å²) in [7, 11) is 0. The first-order chi connectivity index (χ1) is 9.56. The van der Waals surface area contributed by atoms with Crippen molar-refractivity contribution in [2.45, 2.75) is 32.2 Å². The zero-order valence-electron chi connectivity index (χ0n) is 11.6. The zero-order chi connectivity index (χ0) is 14.5. The predicted octanol–water partition coefficient (Wildman–Crippen LogP) is 4.29. The summed E-state index contributed by atoms with van der Waals surface area (Å²) < 4.78 is 13.7. The van der Waals surface area contributed by atoms with Gasteiger partial charge in [0, 0.05) is 16.6 Å². The van der Waals surface area contributed by atoms with Crippen LogP contribution in [0.2, 0.25) is 5.02 Å². The summed E-state index contributed by atoms with van der Waals surface area (Å²) in [6.45, 7) is 2.07. The van der Waals surface area contributed by atoms with Crippen molar-refractivity contribution in [3.05, 3.63) is 70.0 Å². The maximum absolute atomic E-state index is 13.7. The molecule has 0 bridgehead atoms. The molecule has 0 amide bonds. The minimum absolute atomic E-state index is 0.0927. The topological polar surface area (TPSA) is 26.0 Å². The van der Waals surface area contributed by atoms with Gasteiger partial charge in [0.05, 0.1) is 0 Å². The fourth-order valence-electron chi connectivity index (χ4n) is 2.31. The average Bonchev–Trinajstić information content (AvgIpc) is 2.41. The molecule has 1 nitrogen and oxygen atoms in total. The van der Waals surface area contributed by atoms with Crippen molar-refractivity contribution < 1.29 is 4.39 Å². The molecule has 20 heavy (non-hydrogen) atoms. The Kier molecular flexibility index (Phi) is 5.16. The van der Waals surface area contributed by atoms with E-state index in [-0.39, 0.29) is 11.9 Å². The standard InChI is InChI=1S/C17H19ClFN/c1-12-4-2-5-13(10-12)8-9-14(20)11-15-16(18)6-3-7-17(15)19/h2-7,10,14H,8-9,11,20H2,1H3. The predicted molar refractivity (Wildman–Crippen MR) is 82.6 cm³/mol. The van der Waals surface area contributed by atoms with Gasteiger partial charge in [0.25, 0.3) is 0 Å². The van der Waals surface area contributed by atoms with Gasteiger partial charge in [0.1, 0.15) is 5.82 Å². The van der Waals surface area contributed by atoms with Crippen LogP contribution in [0, 0.1) is 12.7 Å². The number of benzene rings is 2. The molecule has 0 saturated carbocycles. The van der Waals surface area contributed by atoms with E-state index >= 15 is 0 Å². The van der Waals surface area contributed by atoms with Crippen LogP contribution in [0.4, 0.5) is 4.39 Å². The Balaban J connectivity index is 1.94. The van der Waals surface area contributed by atoms with Crippen LogP contribution >= 0.6 is 11.6 Å². The maximum Gasteiger partial charge on any atom is 0.127 e. The number of hydrogen-bond acceptors (Lipinski definition) is 1. The molecule has 2 N–H and O–H groups in total. The van der Waals surface area contributed by atoms with Gasteiger partial charge in [-0.2, -0.15) is 0 Å². The average molecular weight is 292 g/mol. The molecular weight excluding hydrogens is 273 g/mol. The Morgan fingerprint density at radius 3 is 2.65 bits per heavy atom. The van der Waals surface area contributed by atoms with Gasteiger partial charge >= 0.3 is 0 Å². The highest BCUT2D eigenvalue weighted by Crippen LogP contribution is 2.21. The number of nitrogens with two attached hydrogens (primary N) is 1. The van der Waals surface area contributed by atoms with E-state index in [0.29, 0.717) is 17.0 Å². The molecule has 0 spiro atoms. The van der Waals surface area contributed by atoms with Crippen molar-refractivity contribution in [2.24, 2.45) is 5.73 Å². The van der Waals surface area contributed by atoms with Crippen molar-refractivity contribution in [3.8, 4) is 0 Å². The largest absolute Gasteiger partial charge is 0.327 e. The number of hydrogen-bond donors (Lipinski definition) is 1. The molecule has 2 aromatic carbocycles. The Labute approximate surface area is 124 Å². The van der Waals surface area contributed by atoms with Gasteiger partial charge in [-0.1, -0.05) is 47.5 Å². The summed E-state index contributed by atoms with van der Waals surface area (Å²) in [6.07, 6.45) is 2.18. The molecule has 1 atom stereocenters. The molecule has 0 aromatic heterocycles. The lowest BCUT2D eigenvalue weighted by Crippen LogP contribution is -2.24. The van der Waals surface area contributed by atoms with Crippen LogP contribution in [0.5, 0.6) is 0 Å². The van der Waals surface area contributed by atoms with Crippen molar-refractivity contribution in [3.63, 3.8) is 0 Å². The minimum atomic E-state index is -0.275. The number of halogens is 2. The third-order valence-electron chi connectivity index (χ3n) is 3.41. The fraction of sp³-hybridized carbons (Fsp3) is 0.294. The van der Waals surface area contributed by atoms with Crippen molar-refractivity contribution in [1.82, 2.24) is 0 Å². The molecule has 1 unspecified atom stereocenters. The molecule has 106 valence electrons. The summed E-state index contributed by atoms with van der Waals surface area (Å²) in [5, 5.41) is 0.455. The molecule has 0 aliphatic rings. The highest BCUT2D eigenvalue weighted by Gasteiger charge is 2.11. The lowest BCUT2D eigenvalue weighted by atomic mass is 9.99. The normalized spacial score (nSPS) is 12.4. The quantitative estimate of drug-likeness (QED) is 0.874. The summed E-state index contributed by atoms with van der Waals surface area (Å²) in [5.74, 6) is -0.275. The van der Waals surface area contributed by atoms with Crippen LogP contribution in [0.15, 0.2) is 42.5 Å². The van der Waals surface area contributed by atoms with Gasteiger partial charge in [0.2, 0.25) is 0 Å². The van der Waals surface area contributed by atoms with Crippen LogP contribution in [-0.2, 0) is 12.8 Å². The van der Waals surface area contributed by atoms with E-state index in [0.717, 1.165) is 12.8 Å². The first-order valence-corrected chi connectivity index (χ1v) is 7.18. The number of aryl methyl sites for hydroxylation is 2. The first-order valence-electron chi connectivity index (χ1n) is 6.80. The Bertz CT molecular complexity index is 563. The van der Waals surface area contributed by atoms with Crippen molar-refractivity contribution in [2.75, 3.05) is 0 Å². The molecule has 0 saturated heterocycles. The smallest absolute Gasteiger partial charge is 0.127 e. The van der Waals surface area contributed by atoms with Crippen molar-refractivity contribution >= 4 is 11.6 Å². The second kappa shape index (κ2) is 6.87. The molecule has 3 heteroatoms. The van der Waals surface area contributed by atoms with Gasteiger partial charge in [-0.15, -0.1) is 0 Å². The second-order valence-corrected chi connectivity index (χ2v) is 5.60. The fourth-order valence-corrected chi connectivity index (χ4v) is 2.55. The van der Waals surface area contributed by atoms with Crippen LogP contribution in [0.25, 0.3) is 0 Å². The molecular formula is C17H19ClFN. The number of rotatable bonds is 5. The second-order valence-electron chi connectivity index (χ2n) is 5.19. The van der Waals surface area contributed by atoms with Crippen LogP contribution in [0.1, 0.15) is 23.1 Å². The van der Waals surface area contributed by atoms with E-state index in [4.69, 9.17) is 17.3 Å². The minimum Gasteiger partial charge on any atom is -0.327 e. The molecule has 2 rings (SSSR count).